The first-order valence-electron chi connectivity index (χ1n) is 6.17. The highest BCUT2D eigenvalue weighted by atomic mass is 16.3. The van der Waals surface area contributed by atoms with Gasteiger partial charge in [0.2, 0.25) is 0 Å². The van der Waals surface area contributed by atoms with E-state index in [2.05, 4.69) is 18.7 Å². The predicted molar refractivity (Wildman–Crippen MR) is 67.7 cm³/mol. The van der Waals surface area contributed by atoms with Crippen LogP contribution in [0.15, 0.2) is 36.9 Å². The lowest BCUT2D eigenvalue weighted by atomic mass is 9.67. The lowest BCUT2D eigenvalue weighted by Crippen LogP contribution is -2.28. The monoisotopic (exact) mass is 216 g/mol. The van der Waals surface area contributed by atoms with Crippen LogP contribution >= 0.6 is 0 Å². The number of phenolic OH excluding ortho intramolecular Hbond substituents is 1. The molecule has 0 saturated heterocycles. The normalized spacial score (nSPS) is 19.2. The maximum Gasteiger partial charge on any atom is 0.115 e. The molecule has 1 heteroatoms. The van der Waals surface area contributed by atoms with Gasteiger partial charge in [0, 0.05) is 0 Å². The number of phenols is 1. The molecule has 1 aromatic rings. The third kappa shape index (κ3) is 2.13. The topological polar surface area (TPSA) is 20.2 Å². The molecule has 0 amide bonds. The molecule has 0 unspecified atom stereocenters. The molecule has 0 radical (unpaired) electrons. The van der Waals surface area contributed by atoms with Gasteiger partial charge in [-0.2, -0.15) is 0 Å². The SMILES string of the molecule is C=CCC1(c2ccc(O)cc2)CCCCC1. The fourth-order valence-electron chi connectivity index (χ4n) is 2.93. The number of hydrogen-bond donors (Lipinski definition) is 1. The molecule has 1 aliphatic carbocycles. The minimum atomic E-state index is 0.285. The molecule has 0 atom stereocenters. The van der Waals surface area contributed by atoms with Gasteiger partial charge in [-0.1, -0.05) is 37.5 Å². The van der Waals surface area contributed by atoms with E-state index in [1.165, 1.54) is 37.7 Å². The predicted octanol–water partition coefficient (Wildman–Crippen LogP) is 4.17. The quantitative estimate of drug-likeness (QED) is 0.752. The van der Waals surface area contributed by atoms with E-state index in [4.69, 9.17) is 0 Å². The summed E-state index contributed by atoms with van der Waals surface area (Å²) in [7, 11) is 0. The van der Waals surface area contributed by atoms with Gasteiger partial charge in [0.15, 0.2) is 0 Å². The van der Waals surface area contributed by atoms with Gasteiger partial charge in [-0.25, -0.2) is 0 Å². The molecule has 0 aliphatic heterocycles. The molecule has 1 saturated carbocycles. The summed E-state index contributed by atoms with van der Waals surface area (Å²) in [5.74, 6) is 0.355. The van der Waals surface area contributed by atoms with Gasteiger partial charge in [0.1, 0.15) is 5.75 Å². The van der Waals surface area contributed by atoms with Crippen LogP contribution < -0.4 is 0 Å². The zero-order valence-corrected chi connectivity index (χ0v) is 9.78. The molecule has 1 nitrogen and oxygen atoms in total. The van der Waals surface area contributed by atoms with Gasteiger partial charge in [-0.05, 0) is 42.4 Å². The van der Waals surface area contributed by atoms with E-state index in [0.29, 0.717) is 5.75 Å². The smallest absolute Gasteiger partial charge is 0.115 e. The van der Waals surface area contributed by atoms with Crippen LogP contribution in [0.3, 0.4) is 0 Å². The number of allylic oxidation sites excluding steroid dienone is 1. The Hall–Kier alpha value is -1.24. The number of hydrogen-bond acceptors (Lipinski definition) is 1. The molecule has 16 heavy (non-hydrogen) atoms. The van der Waals surface area contributed by atoms with Crippen LogP contribution in [0, 0.1) is 0 Å². The van der Waals surface area contributed by atoms with Crippen molar-refractivity contribution >= 4 is 0 Å². The second-order valence-corrected chi connectivity index (χ2v) is 4.88. The molecular formula is C15H20O. The highest BCUT2D eigenvalue weighted by molar-refractivity contribution is 5.32. The summed E-state index contributed by atoms with van der Waals surface area (Å²) in [5.41, 5.74) is 1.65. The van der Waals surface area contributed by atoms with E-state index in [0.717, 1.165) is 6.42 Å². The van der Waals surface area contributed by atoms with Crippen LogP contribution in [-0.2, 0) is 5.41 Å². The van der Waals surface area contributed by atoms with E-state index >= 15 is 0 Å². The zero-order chi connectivity index (χ0) is 11.4. The van der Waals surface area contributed by atoms with Crippen molar-refractivity contribution in [2.24, 2.45) is 0 Å². The average molecular weight is 216 g/mol. The lowest BCUT2D eigenvalue weighted by molar-refractivity contribution is 0.295. The van der Waals surface area contributed by atoms with Gasteiger partial charge in [-0.15, -0.1) is 6.58 Å². The van der Waals surface area contributed by atoms with Crippen LogP contribution in [0.5, 0.6) is 5.75 Å². The molecule has 0 aromatic heterocycles. The van der Waals surface area contributed by atoms with Crippen molar-refractivity contribution in [3.63, 3.8) is 0 Å². The Morgan fingerprint density at radius 3 is 2.31 bits per heavy atom. The largest absolute Gasteiger partial charge is 0.508 e. The maximum atomic E-state index is 9.35. The van der Waals surface area contributed by atoms with Gasteiger partial charge < -0.3 is 5.11 Å². The Kier molecular flexibility index (Phi) is 3.33. The highest BCUT2D eigenvalue weighted by Crippen LogP contribution is 2.42. The molecule has 2 rings (SSSR count). The van der Waals surface area contributed by atoms with Crippen LogP contribution in [0.25, 0.3) is 0 Å². The van der Waals surface area contributed by atoms with Crippen molar-refractivity contribution in [1.29, 1.82) is 0 Å². The van der Waals surface area contributed by atoms with Crippen molar-refractivity contribution in [1.82, 2.24) is 0 Å². The van der Waals surface area contributed by atoms with E-state index in [1.54, 1.807) is 12.1 Å². The second-order valence-electron chi connectivity index (χ2n) is 4.88. The molecule has 86 valence electrons. The van der Waals surface area contributed by atoms with Gasteiger partial charge in [0.25, 0.3) is 0 Å². The fourth-order valence-corrected chi connectivity index (χ4v) is 2.93. The minimum Gasteiger partial charge on any atom is -0.508 e. The molecule has 1 N–H and O–H groups in total. The second kappa shape index (κ2) is 4.73. The minimum absolute atomic E-state index is 0.285. The molecule has 1 fully saturated rings. The van der Waals surface area contributed by atoms with E-state index < -0.39 is 0 Å². The van der Waals surface area contributed by atoms with Crippen molar-refractivity contribution in [2.75, 3.05) is 0 Å². The number of rotatable bonds is 3. The van der Waals surface area contributed by atoms with E-state index in [1.807, 2.05) is 6.08 Å². The van der Waals surface area contributed by atoms with Crippen molar-refractivity contribution < 1.29 is 5.11 Å². The lowest BCUT2D eigenvalue weighted by Gasteiger charge is -2.37. The molecule has 0 spiro atoms. The van der Waals surface area contributed by atoms with Gasteiger partial charge in [0.05, 0.1) is 0 Å². The van der Waals surface area contributed by atoms with E-state index in [9.17, 15) is 5.11 Å². The summed E-state index contributed by atoms with van der Waals surface area (Å²) in [4.78, 5) is 0. The van der Waals surface area contributed by atoms with Crippen molar-refractivity contribution in [2.45, 2.75) is 43.9 Å². The highest BCUT2D eigenvalue weighted by Gasteiger charge is 2.32. The Bertz CT molecular complexity index is 344. The van der Waals surface area contributed by atoms with Crippen molar-refractivity contribution in [3.8, 4) is 5.75 Å². The molecule has 1 aliphatic rings. The summed E-state index contributed by atoms with van der Waals surface area (Å²) in [6, 6.07) is 7.75. The molecule has 0 heterocycles. The zero-order valence-electron chi connectivity index (χ0n) is 9.78. The molecule has 0 bridgehead atoms. The molecular weight excluding hydrogens is 196 g/mol. The third-order valence-corrected chi connectivity index (χ3v) is 3.83. The fraction of sp³-hybridized carbons (Fsp3) is 0.467. The first-order chi connectivity index (χ1) is 7.77. The van der Waals surface area contributed by atoms with Gasteiger partial charge >= 0.3 is 0 Å². The Morgan fingerprint density at radius 1 is 1.12 bits per heavy atom. The van der Waals surface area contributed by atoms with Crippen LogP contribution in [0.1, 0.15) is 44.1 Å². The molecule has 1 aromatic carbocycles. The summed E-state index contributed by atoms with van der Waals surface area (Å²) >= 11 is 0. The number of aromatic hydroxyl groups is 1. The Labute approximate surface area is 97.8 Å². The standard InChI is InChI=1S/C15H20O/c1-2-10-15(11-4-3-5-12-15)13-6-8-14(16)9-7-13/h2,6-9,16H,1,3-5,10-12H2. The van der Waals surface area contributed by atoms with Crippen LogP contribution in [-0.4, -0.2) is 5.11 Å². The Balaban J connectivity index is 2.30. The first-order valence-corrected chi connectivity index (χ1v) is 6.17. The summed E-state index contributed by atoms with van der Waals surface area (Å²) in [6.07, 6.45) is 9.59. The maximum absolute atomic E-state index is 9.35. The van der Waals surface area contributed by atoms with Crippen molar-refractivity contribution in [3.05, 3.63) is 42.5 Å². The average Bonchev–Trinajstić information content (AvgIpc) is 2.31. The Morgan fingerprint density at radius 2 is 1.75 bits per heavy atom. The summed E-state index contributed by atoms with van der Waals surface area (Å²) in [6.45, 7) is 3.89. The number of benzene rings is 1. The third-order valence-electron chi connectivity index (χ3n) is 3.83. The van der Waals surface area contributed by atoms with Crippen LogP contribution in [0.2, 0.25) is 0 Å². The van der Waals surface area contributed by atoms with E-state index in [-0.39, 0.29) is 5.41 Å². The van der Waals surface area contributed by atoms with Crippen LogP contribution in [0.4, 0.5) is 0 Å². The van der Waals surface area contributed by atoms with Gasteiger partial charge in [-0.3, -0.25) is 0 Å². The summed E-state index contributed by atoms with van der Waals surface area (Å²) in [5, 5.41) is 9.35. The summed E-state index contributed by atoms with van der Waals surface area (Å²) < 4.78 is 0. The first kappa shape index (κ1) is 11.3.